The minimum absolute atomic E-state index is 0.0475. The lowest BCUT2D eigenvalue weighted by molar-refractivity contribution is -0.118. The third kappa shape index (κ3) is 2.86. The van der Waals surface area contributed by atoms with Gasteiger partial charge in [-0.25, -0.2) is 4.39 Å². The van der Waals surface area contributed by atoms with Crippen molar-refractivity contribution in [1.29, 1.82) is 0 Å². The molecule has 22 heavy (non-hydrogen) atoms. The van der Waals surface area contributed by atoms with Gasteiger partial charge in [-0.15, -0.1) is 10.2 Å². The Balaban J connectivity index is 1.65. The molecule has 0 saturated heterocycles. The molecule has 1 aliphatic heterocycles. The van der Waals surface area contributed by atoms with E-state index in [4.69, 9.17) is 4.42 Å². The summed E-state index contributed by atoms with van der Waals surface area (Å²) in [5.41, 5.74) is 1.69. The molecule has 1 aromatic heterocycles. The summed E-state index contributed by atoms with van der Waals surface area (Å²) in [6.45, 7) is 4.54. The standard InChI is InChI=1S/C16H18FN3O2/c1-10(2)16-19-18-14(22-16)5-6-15(21)20-8-7-11-3-4-12(17)9-13(11)20/h3-4,9-10H,5-8H2,1-2H3. The van der Waals surface area contributed by atoms with E-state index in [9.17, 15) is 9.18 Å². The smallest absolute Gasteiger partial charge is 0.227 e. The summed E-state index contributed by atoms with van der Waals surface area (Å²) in [5, 5.41) is 7.89. The molecule has 0 radical (unpaired) electrons. The summed E-state index contributed by atoms with van der Waals surface area (Å²) in [6, 6.07) is 4.59. The van der Waals surface area contributed by atoms with Gasteiger partial charge in [0.25, 0.3) is 0 Å². The second-order valence-corrected chi connectivity index (χ2v) is 5.76. The van der Waals surface area contributed by atoms with E-state index >= 15 is 0 Å². The molecule has 0 saturated carbocycles. The molecule has 2 heterocycles. The van der Waals surface area contributed by atoms with Gasteiger partial charge in [-0.2, -0.15) is 0 Å². The quantitative estimate of drug-likeness (QED) is 0.871. The van der Waals surface area contributed by atoms with Crippen molar-refractivity contribution in [1.82, 2.24) is 10.2 Å². The molecule has 0 spiro atoms. The third-order valence-corrected chi connectivity index (χ3v) is 3.77. The molecule has 1 amide bonds. The number of nitrogens with zero attached hydrogens (tertiary/aromatic N) is 3. The van der Waals surface area contributed by atoms with Gasteiger partial charge in [0.05, 0.1) is 0 Å². The molecule has 0 atom stereocenters. The Hall–Kier alpha value is -2.24. The van der Waals surface area contributed by atoms with Crippen molar-refractivity contribution in [3.63, 3.8) is 0 Å². The van der Waals surface area contributed by atoms with E-state index in [0.717, 1.165) is 12.0 Å². The Morgan fingerprint density at radius 2 is 2.23 bits per heavy atom. The summed E-state index contributed by atoms with van der Waals surface area (Å²) in [6.07, 6.45) is 1.44. The first kappa shape index (κ1) is 14.7. The van der Waals surface area contributed by atoms with Crippen molar-refractivity contribution in [2.45, 2.75) is 39.0 Å². The van der Waals surface area contributed by atoms with Gasteiger partial charge in [0.15, 0.2) is 0 Å². The van der Waals surface area contributed by atoms with Crippen LogP contribution in [-0.4, -0.2) is 22.6 Å². The summed E-state index contributed by atoms with van der Waals surface area (Å²) >= 11 is 0. The zero-order valence-corrected chi connectivity index (χ0v) is 12.7. The number of carbonyl (C=O) groups is 1. The average molecular weight is 303 g/mol. The maximum atomic E-state index is 13.4. The van der Waals surface area contributed by atoms with Crippen LogP contribution in [0.5, 0.6) is 0 Å². The van der Waals surface area contributed by atoms with Crippen LogP contribution in [-0.2, 0) is 17.6 Å². The fraction of sp³-hybridized carbons (Fsp3) is 0.438. The van der Waals surface area contributed by atoms with E-state index in [-0.39, 0.29) is 24.1 Å². The van der Waals surface area contributed by atoms with Crippen LogP contribution in [0.1, 0.15) is 43.5 Å². The molecule has 0 N–H and O–H groups in total. The number of rotatable bonds is 4. The van der Waals surface area contributed by atoms with Gasteiger partial charge in [0.1, 0.15) is 5.82 Å². The normalized spacial score (nSPS) is 13.7. The molecule has 3 rings (SSSR count). The van der Waals surface area contributed by atoms with Gasteiger partial charge < -0.3 is 9.32 Å². The topological polar surface area (TPSA) is 59.2 Å². The number of anilines is 1. The highest BCUT2D eigenvalue weighted by Gasteiger charge is 2.25. The van der Waals surface area contributed by atoms with Crippen molar-refractivity contribution in [3.05, 3.63) is 41.4 Å². The van der Waals surface area contributed by atoms with Crippen LogP contribution in [0.2, 0.25) is 0 Å². The van der Waals surface area contributed by atoms with Crippen LogP contribution in [0.25, 0.3) is 0 Å². The van der Waals surface area contributed by atoms with Crippen LogP contribution >= 0.6 is 0 Å². The first-order valence-electron chi connectivity index (χ1n) is 7.45. The third-order valence-electron chi connectivity index (χ3n) is 3.77. The van der Waals surface area contributed by atoms with Gasteiger partial charge in [0.2, 0.25) is 17.7 Å². The molecule has 0 bridgehead atoms. The summed E-state index contributed by atoms with van der Waals surface area (Å²) in [4.78, 5) is 14.0. The fourth-order valence-corrected chi connectivity index (χ4v) is 2.56. The van der Waals surface area contributed by atoms with Gasteiger partial charge in [-0.05, 0) is 24.1 Å². The number of halogens is 1. The number of fused-ring (bicyclic) bond motifs is 1. The molecule has 0 fully saturated rings. The van der Waals surface area contributed by atoms with Crippen LogP contribution in [0.15, 0.2) is 22.6 Å². The van der Waals surface area contributed by atoms with Gasteiger partial charge >= 0.3 is 0 Å². The van der Waals surface area contributed by atoms with Crippen molar-refractivity contribution < 1.29 is 13.6 Å². The predicted molar refractivity (Wildman–Crippen MR) is 79.2 cm³/mol. The van der Waals surface area contributed by atoms with Crippen LogP contribution in [0.3, 0.4) is 0 Å². The van der Waals surface area contributed by atoms with Crippen molar-refractivity contribution in [2.75, 3.05) is 11.4 Å². The van der Waals surface area contributed by atoms with E-state index in [1.807, 2.05) is 13.8 Å². The number of aryl methyl sites for hydroxylation is 1. The number of aromatic nitrogens is 2. The first-order valence-corrected chi connectivity index (χ1v) is 7.45. The Morgan fingerprint density at radius 1 is 1.41 bits per heavy atom. The Morgan fingerprint density at radius 3 is 2.95 bits per heavy atom. The second-order valence-electron chi connectivity index (χ2n) is 5.76. The van der Waals surface area contributed by atoms with Crippen molar-refractivity contribution in [2.24, 2.45) is 0 Å². The number of benzene rings is 1. The average Bonchev–Trinajstić information content (AvgIpc) is 3.11. The zero-order valence-electron chi connectivity index (χ0n) is 12.7. The molecule has 0 unspecified atom stereocenters. The molecule has 1 aliphatic rings. The highest BCUT2D eigenvalue weighted by Crippen LogP contribution is 2.29. The van der Waals surface area contributed by atoms with Crippen LogP contribution < -0.4 is 4.90 Å². The molecule has 6 heteroatoms. The lowest BCUT2D eigenvalue weighted by atomic mass is 10.1. The molecule has 1 aromatic carbocycles. The SMILES string of the molecule is CC(C)c1nnc(CCC(=O)N2CCc3ccc(F)cc32)o1. The minimum Gasteiger partial charge on any atom is -0.425 e. The van der Waals surface area contributed by atoms with E-state index in [1.54, 1.807) is 11.0 Å². The number of carbonyl (C=O) groups excluding carboxylic acids is 1. The Bertz CT molecular complexity index is 696. The zero-order chi connectivity index (χ0) is 15.7. The number of hydrogen-bond donors (Lipinski definition) is 0. The molecule has 0 aliphatic carbocycles. The maximum Gasteiger partial charge on any atom is 0.227 e. The molecular weight excluding hydrogens is 285 g/mol. The maximum absolute atomic E-state index is 13.4. The lowest BCUT2D eigenvalue weighted by Gasteiger charge is -2.16. The minimum atomic E-state index is -0.322. The molecule has 5 nitrogen and oxygen atoms in total. The molecule has 2 aromatic rings. The van der Waals surface area contributed by atoms with Gasteiger partial charge in [-0.3, -0.25) is 4.79 Å². The van der Waals surface area contributed by atoms with Crippen molar-refractivity contribution in [3.8, 4) is 0 Å². The largest absolute Gasteiger partial charge is 0.425 e. The number of hydrogen-bond acceptors (Lipinski definition) is 4. The Labute approximate surface area is 128 Å². The van der Waals surface area contributed by atoms with Gasteiger partial charge in [0, 0.05) is 31.0 Å². The lowest BCUT2D eigenvalue weighted by Crippen LogP contribution is -2.29. The van der Waals surface area contributed by atoms with E-state index in [1.165, 1.54) is 12.1 Å². The van der Waals surface area contributed by atoms with E-state index in [0.29, 0.717) is 30.4 Å². The molecular formula is C16H18FN3O2. The summed E-state index contributed by atoms with van der Waals surface area (Å²) in [5.74, 6) is 0.850. The molecule has 116 valence electrons. The van der Waals surface area contributed by atoms with Crippen LogP contribution in [0, 0.1) is 5.82 Å². The highest BCUT2D eigenvalue weighted by molar-refractivity contribution is 5.95. The van der Waals surface area contributed by atoms with E-state index < -0.39 is 0 Å². The number of amides is 1. The van der Waals surface area contributed by atoms with Crippen LogP contribution in [0.4, 0.5) is 10.1 Å². The second kappa shape index (κ2) is 5.87. The Kier molecular flexibility index (Phi) is 3.92. The van der Waals surface area contributed by atoms with Crippen molar-refractivity contribution >= 4 is 11.6 Å². The fourth-order valence-electron chi connectivity index (χ4n) is 2.56. The predicted octanol–water partition coefficient (Wildman–Crippen LogP) is 2.85. The van der Waals surface area contributed by atoms with Gasteiger partial charge in [-0.1, -0.05) is 19.9 Å². The summed E-state index contributed by atoms with van der Waals surface area (Å²) < 4.78 is 18.9. The highest BCUT2D eigenvalue weighted by atomic mass is 19.1. The van der Waals surface area contributed by atoms with E-state index in [2.05, 4.69) is 10.2 Å². The summed E-state index contributed by atoms with van der Waals surface area (Å²) in [7, 11) is 0. The first-order chi connectivity index (χ1) is 10.5. The monoisotopic (exact) mass is 303 g/mol.